The van der Waals surface area contributed by atoms with Crippen molar-refractivity contribution in [3.8, 4) is 0 Å². The molecule has 1 aliphatic heterocycles. The predicted octanol–water partition coefficient (Wildman–Crippen LogP) is 3.23. The molecule has 0 aromatic heterocycles. The zero-order valence-electron chi connectivity index (χ0n) is 8.82. The molecule has 82 valence electrons. The van der Waals surface area contributed by atoms with Gasteiger partial charge in [-0.25, -0.2) is 4.39 Å². The van der Waals surface area contributed by atoms with E-state index in [2.05, 4.69) is 28.2 Å². The van der Waals surface area contributed by atoms with Crippen molar-refractivity contribution in [2.24, 2.45) is 0 Å². The highest BCUT2D eigenvalue weighted by Crippen LogP contribution is 2.37. The molecule has 1 aromatic rings. The van der Waals surface area contributed by atoms with Crippen molar-refractivity contribution >= 4 is 15.9 Å². The Morgan fingerprint density at radius 3 is 2.60 bits per heavy atom. The first-order valence-corrected chi connectivity index (χ1v) is 6.07. The van der Waals surface area contributed by atoms with E-state index in [0.717, 1.165) is 30.4 Å². The van der Waals surface area contributed by atoms with E-state index in [1.807, 2.05) is 6.07 Å². The summed E-state index contributed by atoms with van der Waals surface area (Å²) in [6.45, 7) is 4.34. The summed E-state index contributed by atoms with van der Waals surface area (Å²) in [4.78, 5) is 0. The molecule has 15 heavy (non-hydrogen) atoms. The molecule has 1 N–H and O–H groups in total. The van der Waals surface area contributed by atoms with Gasteiger partial charge in [0.1, 0.15) is 5.82 Å². The Labute approximate surface area is 98.2 Å². The van der Waals surface area contributed by atoms with Gasteiger partial charge in [0.25, 0.3) is 0 Å². The van der Waals surface area contributed by atoms with Crippen LogP contribution in [0.2, 0.25) is 0 Å². The van der Waals surface area contributed by atoms with Crippen molar-refractivity contribution in [3.63, 3.8) is 0 Å². The van der Waals surface area contributed by atoms with Gasteiger partial charge in [-0.2, -0.15) is 0 Å². The van der Waals surface area contributed by atoms with E-state index < -0.39 is 0 Å². The first-order valence-electron chi connectivity index (χ1n) is 5.28. The van der Waals surface area contributed by atoms with Crippen molar-refractivity contribution in [2.45, 2.75) is 25.2 Å². The van der Waals surface area contributed by atoms with E-state index in [1.165, 1.54) is 5.56 Å². The summed E-state index contributed by atoms with van der Waals surface area (Å²) in [7, 11) is 0. The Morgan fingerprint density at radius 2 is 2.00 bits per heavy atom. The standard InChI is InChI=1S/C12H15BrFN/c1-12(4-6-15-7-5-12)10-3-2-9(14)8-11(10)13/h2-3,8,15H,4-7H2,1H3. The highest BCUT2D eigenvalue weighted by atomic mass is 79.9. The number of benzene rings is 1. The van der Waals surface area contributed by atoms with Crippen LogP contribution in [0.25, 0.3) is 0 Å². The smallest absolute Gasteiger partial charge is 0.124 e. The van der Waals surface area contributed by atoms with E-state index in [1.54, 1.807) is 12.1 Å². The lowest BCUT2D eigenvalue weighted by Crippen LogP contribution is -2.37. The summed E-state index contributed by atoms with van der Waals surface area (Å²) in [5, 5.41) is 3.35. The number of rotatable bonds is 1. The molecule has 3 heteroatoms. The molecule has 0 bridgehead atoms. The minimum Gasteiger partial charge on any atom is -0.317 e. The number of hydrogen-bond donors (Lipinski definition) is 1. The van der Waals surface area contributed by atoms with Crippen LogP contribution in [0.5, 0.6) is 0 Å². The van der Waals surface area contributed by atoms with Crippen molar-refractivity contribution < 1.29 is 4.39 Å². The maximum atomic E-state index is 13.0. The molecular formula is C12H15BrFN. The zero-order chi connectivity index (χ0) is 10.9. The average Bonchev–Trinajstić information content (AvgIpc) is 2.18. The van der Waals surface area contributed by atoms with Crippen LogP contribution >= 0.6 is 15.9 Å². The quantitative estimate of drug-likeness (QED) is 0.827. The number of piperidine rings is 1. The van der Waals surface area contributed by atoms with Gasteiger partial charge >= 0.3 is 0 Å². The molecule has 0 aliphatic carbocycles. The van der Waals surface area contributed by atoms with Gasteiger partial charge in [-0.3, -0.25) is 0 Å². The maximum Gasteiger partial charge on any atom is 0.124 e. The minimum absolute atomic E-state index is 0.178. The monoisotopic (exact) mass is 271 g/mol. The van der Waals surface area contributed by atoms with E-state index in [-0.39, 0.29) is 11.2 Å². The average molecular weight is 272 g/mol. The molecule has 1 fully saturated rings. The Kier molecular flexibility index (Phi) is 3.12. The summed E-state index contributed by atoms with van der Waals surface area (Å²) in [6, 6.07) is 5.01. The van der Waals surface area contributed by atoms with Crippen LogP contribution in [0.1, 0.15) is 25.3 Å². The largest absolute Gasteiger partial charge is 0.317 e. The van der Waals surface area contributed by atoms with Crippen LogP contribution in [-0.2, 0) is 5.41 Å². The highest BCUT2D eigenvalue weighted by Gasteiger charge is 2.30. The summed E-state index contributed by atoms with van der Waals surface area (Å²) >= 11 is 3.46. The Morgan fingerprint density at radius 1 is 1.33 bits per heavy atom. The van der Waals surface area contributed by atoms with Gasteiger partial charge in [-0.15, -0.1) is 0 Å². The lowest BCUT2D eigenvalue weighted by atomic mass is 9.75. The third kappa shape index (κ3) is 2.23. The van der Waals surface area contributed by atoms with Crippen LogP contribution in [0.3, 0.4) is 0 Å². The van der Waals surface area contributed by atoms with Crippen LogP contribution in [-0.4, -0.2) is 13.1 Å². The molecule has 1 aromatic carbocycles. The van der Waals surface area contributed by atoms with E-state index >= 15 is 0 Å². The van der Waals surface area contributed by atoms with Gasteiger partial charge in [0.05, 0.1) is 0 Å². The van der Waals surface area contributed by atoms with Crippen LogP contribution in [0, 0.1) is 5.82 Å². The van der Waals surface area contributed by atoms with Crippen LogP contribution in [0.15, 0.2) is 22.7 Å². The van der Waals surface area contributed by atoms with Gasteiger partial charge in [-0.1, -0.05) is 28.9 Å². The molecule has 0 saturated carbocycles. The predicted molar refractivity (Wildman–Crippen MR) is 63.6 cm³/mol. The van der Waals surface area contributed by atoms with Gasteiger partial charge in [0.15, 0.2) is 0 Å². The molecule has 1 aliphatic rings. The molecule has 1 nitrogen and oxygen atoms in total. The fourth-order valence-electron chi connectivity index (χ4n) is 2.23. The molecule has 0 radical (unpaired) electrons. The van der Waals surface area contributed by atoms with Gasteiger partial charge < -0.3 is 5.32 Å². The fraction of sp³-hybridized carbons (Fsp3) is 0.500. The van der Waals surface area contributed by atoms with Crippen molar-refractivity contribution in [1.82, 2.24) is 5.32 Å². The molecule has 0 atom stereocenters. The van der Waals surface area contributed by atoms with Crippen LogP contribution in [0.4, 0.5) is 4.39 Å². The second kappa shape index (κ2) is 4.22. The normalized spacial score (nSPS) is 20.2. The van der Waals surface area contributed by atoms with Crippen molar-refractivity contribution in [3.05, 3.63) is 34.1 Å². The molecule has 0 spiro atoms. The third-order valence-electron chi connectivity index (χ3n) is 3.29. The first kappa shape index (κ1) is 11.1. The molecule has 0 amide bonds. The second-order valence-corrected chi connectivity index (χ2v) is 5.29. The molecule has 0 unspecified atom stereocenters. The minimum atomic E-state index is -0.178. The molecule has 1 saturated heterocycles. The molecule has 1 heterocycles. The van der Waals surface area contributed by atoms with Crippen molar-refractivity contribution in [1.29, 1.82) is 0 Å². The zero-order valence-corrected chi connectivity index (χ0v) is 10.4. The third-order valence-corrected chi connectivity index (χ3v) is 3.94. The summed E-state index contributed by atoms with van der Waals surface area (Å²) in [6.07, 6.45) is 2.22. The van der Waals surface area contributed by atoms with E-state index in [0.29, 0.717) is 0 Å². The van der Waals surface area contributed by atoms with E-state index in [9.17, 15) is 4.39 Å². The van der Waals surface area contributed by atoms with Gasteiger partial charge in [-0.05, 0) is 49.0 Å². The first-order chi connectivity index (χ1) is 7.12. The highest BCUT2D eigenvalue weighted by molar-refractivity contribution is 9.10. The number of halogens is 2. The maximum absolute atomic E-state index is 13.0. The lowest BCUT2D eigenvalue weighted by molar-refractivity contribution is 0.333. The Hall–Kier alpha value is -0.410. The molecular weight excluding hydrogens is 257 g/mol. The number of nitrogens with one attached hydrogen (secondary N) is 1. The van der Waals surface area contributed by atoms with Crippen LogP contribution < -0.4 is 5.32 Å². The summed E-state index contributed by atoms with van der Waals surface area (Å²) < 4.78 is 13.9. The van der Waals surface area contributed by atoms with E-state index in [4.69, 9.17) is 0 Å². The summed E-state index contributed by atoms with van der Waals surface area (Å²) in [5.41, 5.74) is 1.41. The lowest BCUT2D eigenvalue weighted by Gasteiger charge is -2.35. The SMILES string of the molecule is CC1(c2ccc(F)cc2Br)CCNCC1. The van der Waals surface area contributed by atoms with Gasteiger partial charge in [0, 0.05) is 4.47 Å². The summed E-state index contributed by atoms with van der Waals surface area (Å²) in [5.74, 6) is -0.178. The van der Waals surface area contributed by atoms with Gasteiger partial charge in [0.2, 0.25) is 0 Å². The Bertz CT molecular complexity index is 359. The fourth-order valence-corrected chi connectivity index (χ4v) is 3.06. The Balaban J connectivity index is 2.35. The molecule has 2 rings (SSSR count). The number of hydrogen-bond acceptors (Lipinski definition) is 1. The van der Waals surface area contributed by atoms with Crippen molar-refractivity contribution in [2.75, 3.05) is 13.1 Å². The second-order valence-electron chi connectivity index (χ2n) is 4.43. The topological polar surface area (TPSA) is 12.0 Å².